The van der Waals surface area contributed by atoms with Gasteiger partial charge < -0.3 is 15.5 Å². The van der Waals surface area contributed by atoms with Gasteiger partial charge in [0, 0.05) is 6.20 Å². The standard InChI is InChI=1S/C10H9F3N2O4/c1-9(8(18)19,10(11,12)13)15-7(17)5-2-3-14-4-6(5)16/h2-4,16H,1H3,(H,15,17)(H,18,19). The molecule has 0 saturated heterocycles. The number of alkyl halides is 3. The molecule has 1 heterocycles. The number of rotatable bonds is 3. The molecule has 9 heteroatoms. The van der Waals surface area contributed by atoms with Crippen molar-refractivity contribution >= 4 is 11.9 Å². The molecule has 0 fully saturated rings. The van der Waals surface area contributed by atoms with Crippen LogP contribution in [0.1, 0.15) is 17.3 Å². The number of nitrogens with zero attached hydrogens (tertiary/aromatic N) is 1. The van der Waals surface area contributed by atoms with Crippen molar-refractivity contribution in [3.05, 3.63) is 24.0 Å². The first-order chi connectivity index (χ1) is 8.59. The maximum atomic E-state index is 12.7. The highest BCUT2D eigenvalue weighted by atomic mass is 19.4. The van der Waals surface area contributed by atoms with E-state index < -0.39 is 34.9 Å². The lowest BCUT2D eigenvalue weighted by atomic mass is 10.0. The van der Waals surface area contributed by atoms with Crippen LogP contribution in [0.3, 0.4) is 0 Å². The monoisotopic (exact) mass is 278 g/mol. The maximum Gasteiger partial charge on any atom is 0.422 e. The van der Waals surface area contributed by atoms with Crippen molar-refractivity contribution in [1.82, 2.24) is 10.3 Å². The largest absolute Gasteiger partial charge is 0.505 e. The minimum absolute atomic E-state index is 0.311. The minimum atomic E-state index is -5.20. The fraction of sp³-hybridized carbons (Fsp3) is 0.300. The summed E-state index contributed by atoms with van der Waals surface area (Å²) < 4.78 is 38.0. The highest BCUT2D eigenvalue weighted by Gasteiger charge is 2.58. The minimum Gasteiger partial charge on any atom is -0.505 e. The molecule has 0 aliphatic rings. The Balaban J connectivity index is 3.10. The summed E-state index contributed by atoms with van der Waals surface area (Å²) in [5.74, 6) is -4.29. The summed E-state index contributed by atoms with van der Waals surface area (Å²) in [6.07, 6.45) is -3.28. The number of aromatic nitrogens is 1. The van der Waals surface area contributed by atoms with Gasteiger partial charge in [0.2, 0.25) is 5.54 Å². The molecule has 1 aromatic rings. The Morgan fingerprint density at radius 2 is 1.95 bits per heavy atom. The van der Waals surface area contributed by atoms with E-state index in [1.165, 1.54) is 5.32 Å². The van der Waals surface area contributed by atoms with Gasteiger partial charge in [-0.2, -0.15) is 13.2 Å². The third-order valence-corrected chi connectivity index (χ3v) is 2.40. The number of carbonyl (C=O) groups excluding carboxylic acids is 1. The van der Waals surface area contributed by atoms with Crippen molar-refractivity contribution in [2.75, 3.05) is 0 Å². The van der Waals surface area contributed by atoms with Gasteiger partial charge in [-0.05, 0) is 13.0 Å². The number of carboxylic acids is 1. The molecule has 0 radical (unpaired) electrons. The Morgan fingerprint density at radius 3 is 2.37 bits per heavy atom. The van der Waals surface area contributed by atoms with Gasteiger partial charge in [-0.3, -0.25) is 9.78 Å². The number of halogens is 3. The smallest absolute Gasteiger partial charge is 0.422 e. The molecule has 1 unspecified atom stereocenters. The zero-order valence-electron chi connectivity index (χ0n) is 9.52. The average molecular weight is 278 g/mol. The lowest BCUT2D eigenvalue weighted by Crippen LogP contribution is -2.61. The summed E-state index contributed by atoms with van der Waals surface area (Å²) in [6, 6.07) is 0.962. The normalized spacial score (nSPS) is 14.5. The van der Waals surface area contributed by atoms with Crippen LogP contribution in [0.4, 0.5) is 13.2 Å². The van der Waals surface area contributed by atoms with Crippen LogP contribution in [-0.2, 0) is 4.79 Å². The number of hydrogen-bond acceptors (Lipinski definition) is 4. The molecule has 0 saturated carbocycles. The quantitative estimate of drug-likeness (QED) is 0.763. The molecule has 1 rings (SSSR count). The predicted octanol–water partition coefficient (Wildman–Crippen LogP) is 0.923. The van der Waals surface area contributed by atoms with Crippen molar-refractivity contribution in [2.45, 2.75) is 18.6 Å². The maximum absolute atomic E-state index is 12.7. The number of carbonyl (C=O) groups is 2. The number of aliphatic carboxylic acids is 1. The number of hydrogen-bond donors (Lipinski definition) is 3. The Morgan fingerprint density at radius 1 is 1.37 bits per heavy atom. The van der Waals surface area contributed by atoms with E-state index in [1.807, 2.05) is 0 Å². The molecule has 0 aliphatic carbocycles. The third-order valence-electron chi connectivity index (χ3n) is 2.40. The summed E-state index contributed by atoms with van der Waals surface area (Å²) >= 11 is 0. The third kappa shape index (κ3) is 2.75. The van der Waals surface area contributed by atoms with Crippen LogP contribution < -0.4 is 5.32 Å². The van der Waals surface area contributed by atoms with Crippen LogP contribution in [0.15, 0.2) is 18.5 Å². The summed E-state index contributed by atoms with van der Waals surface area (Å²) in [5.41, 5.74) is -3.97. The molecule has 1 aromatic heterocycles. The molecule has 1 amide bonds. The van der Waals surface area contributed by atoms with Gasteiger partial charge in [0.15, 0.2) is 0 Å². The molecular weight excluding hydrogens is 269 g/mol. The van der Waals surface area contributed by atoms with Gasteiger partial charge in [-0.25, -0.2) is 4.79 Å². The zero-order chi connectivity index (χ0) is 14.8. The Bertz CT molecular complexity index is 518. The molecule has 3 N–H and O–H groups in total. The Hall–Kier alpha value is -2.32. The van der Waals surface area contributed by atoms with Crippen LogP contribution in [0.2, 0.25) is 0 Å². The first-order valence-corrected chi connectivity index (χ1v) is 4.85. The zero-order valence-corrected chi connectivity index (χ0v) is 9.52. The fourth-order valence-corrected chi connectivity index (χ4v) is 1.12. The second kappa shape index (κ2) is 4.75. The van der Waals surface area contributed by atoms with Crippen LogP contribution in [-0.4, -0.2) is 38.8 Å². The van der Waals surface area contributed by atoms with Gasteiger partial charge in [0.25, 0.3) is 5.91 Å². The fourth-order valence-electron chi connectivity index (χ4n) is 1.12. The van der Waals surface area contributed by atoms with E-state index in [-0.39, 0.29) is 0 Å². The topological polar surface area (TPSA) is 99.5 Å². The van der Waals surface area contributed by atoms with Crippen LogP contribution in [0, 0.1) is 0 Å². The van der Waals surface area contributed by atoms with Crippen LogP contribution in [0.5, 0.6) is 5.75 Å². The molecule has 0 bridgehead atoms. The van der Waals surface area contributed by atoms with Gasteiger partial charge in [-0.1, -0.05) is 0 Å². The van der Waals surface area contributed by atoms with Crippen molar-refractivity contribution in [2.24, 2.45) is 0 Å². The number of aromatic hydroxyl groups is 1. The van der Waals surface area contributed by atoms with Crippen molar-refractivity contribution in [3.8, 4) is 5.75 Å². The van der Waals surface area contributed by atoms with E-state index in [4.69, 9.17) is 5.11 Å². The Labute approximate surface area is 104 Å². The number of carboxylic acid groups (broad SMARTS) is 1. The van der Waals surface area contributed by atoms with Crippen LogP contribution in [0.25, 0.3) is 0 Å². The molecule has 104 valence electrons. The Kier molecular flexibility index (Phi) is 3.68. The second-order valence-electron chi connectivity index (χ2n) is 3.77. The highest BCUT2D eigenvalue weighted by molar-refractivity contribution is 5.99. The average Bonchev–Trinajstić information content (AvgIpc) is 2.27. The van der Waals surface area contributed by atoms with E-state index in [0.717, 1.165) is 18.5 Å². The summed E-state index contributed by atoms with van der Waals surface area (Å²) in [7, 11) is 0. The summed E-state index contributed by atoms with van der Waals surface area (Å²) in [6.45, 7) is 0.311. The summed E-state index contributed by atoms with van der Waals surface area (Å²) in [5, 5.41) is 19.2. The second-order valence-corrected chi connectivity index (χ2v) is 3.77. The first kappa shape index (κ1) is 14.7. The molecule has 6 nitrogen and oxygen atoms in total. The van der Waals surface area contributed by atoms with E-state index >= 15 is 0 Å². The van der Waals surface area contributed by atoms with Gasteiger partial charge >= 0.3 is 12.1 Å². The van der Waals surface area contributed by atoms with Crippen molar-refractivity contribution in [3.63, 3.8) is 0 Å². The predicted molar refractivity (Wildman–Crippen MR) is 55.5 cm³/mol. The molecule has 0 aromatic carbocycles. The van der Waals surface area contributed by atoms with E-state index in [2.05, 4.69) is 4.98 Å². The molecule has 1 atom stereocenters. The van der Waals surface area contributed by atoms with E-state index in [9.17, 15) is 27.9 Å². The van der Waals surface area contributed by atoms with Crippen LogP contribution >= 0.6 is 0 Å². The van der Waals surface area contributed by atoms with Gasteiger partial charge in [0.1, 0.15) is 5.75 Å². The van der Waals surface area contributed by atoms with Gasteiger partial charge in [0.05, 0.1) is 11.8 Å². The lowest BCUT2D eigenvalue weighted by molar-refractivity contribution is -0.203. The number of nitrogens with one attached hydrogen (secondary N) is 1. The van der Waals surface area contributed by atoms with E-state index in [0.29, 0.717) is 6.92 Å². The molecular formula is C10H9F3N2O4. The molecule has 0 aliphatic heterocycles. The van der Waals surface area contributed by atoms with Crippen molar-refractivity contribution in [1.29, 1.82) is 0 Å². The van der Waals surface area contributed by atoms with Gasteiger partial charge in [-0.15, -0.1) is 0 Å². The lowest BCUT2D eigenvalue weighted by Gasteiger charge is -2.28. The number of amides is 1. The highest BCUT2D eigenvalue weighted by Crippen LogP contribution is 2.31. The molecule has 19 heavy (non-hydrogen) atoms. The number of pyridine rings is 1. The first-order valence-electron chi connectivity index (χ1n) is 4.85. The van der Waals surface area contributed by atoms with Crippen molar-refractivity contribution < 1.29 is 33.0 Å². The summed E-state index contributed by atoms with van der Waals surface area (Å²) in [4.78, 5) is 25.7. The molecule has 0 spiro atoms. The van der Waals surface area contributed by atoms with E-state index in [1.54, 1.807) is 0 Å². The SMILES string of the molecule is CC(NC(=O)c1ccncc1O)(C(=O)O)C(F)(F)F.